The molecule has 3 N–H and O–H groups in total. The van der Waals surface area contributed by atoms with E-state index in [1.165, 1.54) is 17.8 Å². The molecule has 150 valence electrons. The summed E-state index contributed by atoms with van der Waals surface area (Å²) >= 11 is 1.81. The van der Waals surface area contributed by atoms with Gasteiger partial charge < -0.3 is 20.9 Å². The van der Waals surface area contributed by atoms with Crippen LogP contribution in [0.25, 0.3) is 0 Å². The van der Waals surface area contributed by atoms with Gasteiger partial charge in [-0.2, -0.15) is 0 Å². The number of aliphatic imine (C=N–C) groups is 1. The van der Waals surface area contributed by atoms with Gasteiger partial charge in [0.05, 0.1) is 11.5 Å². The molecule has 0 spiro atoms. The van der Waals surface area contributed by atoms with Gasteiger partial charge >= 0.3 is 0 Å². The third-order valence-electron chi connectivity index (χ3n) is 5.33. The minimum atomic E-state index is 0.130. The summed E-state index contributed by atoms with van der Waals surface area (Å²) in [6.07, 6.45) is 7.40. The third-order valence-corrected chi connectivity index (χ3v) is 6.26. The highest BCUT2D eigenvalue weighted by molar-refractivity contribution is 7.14. The predicted octanol–water partition coefficient (Wildman–Crippen LogP) is 2.72. The van der Waals surface area contributed by atoms with Gasteiger partial charge in [0.1, 0.15) is 0 Å². The lowest BCUT2D eigenvalue weighted by atomic mass is 10.1. The van der Waals surface area contributed by atoms with Crippen LogP contribution in [-0.2, 0) is 4.79 Å². The van der Waals surface area contributed by atoms with Crippen LogP contribution < -0.4 is 20.9 Å². The van der Waals surface area contributed by atoms with Gasteiger partial charge in [-0.1, -0.05) is 12.8 Å². The Morgan fingerprint density at radius 1 is 1.19 bits per heavy atom. The molecule has 0 radical (unpaired) electrons. The summed E-state index contributed by atoms with van der Waals surface area (Å²) < 4.78 is 0. The van der Waals surface area contributed by atoms with Gasteiger partial charge in [-0.15, -0.1) is 11.3 Å². The molecule has 0 bridgehead atoms. The zero-order valence-corrected chi connectivity index (χ0v) is 17.2. The largest absolute Gasteiger partial charge is 0.363 e. The van der Waals surface area contributed by atoms with Gasteiger partial charge in [-0.05, 0) is 50.1 Å². The van der Waals surface area contributed by atoms with Crippen molar-refractivity contribution in [2.45, 2.75) is 64.0 Å². The van der Waals surface area contributed by atoms with Crippen LogP contribution in [0.1, 0.15) is 51.9 Å². The van der Waals surface area contributed by atoms with Crippen LogP contribution in [0.2, 0.25) is 0 Å². The van der Waals surface area contributed by atoms with Crippen LogP contribution in [0.5, 0.6) is 0 Å². The van der Waals surface area contributed by atoms with Crippen molar-refractivity contribution in [1.82, 2.24) is 16.0 Å². The van der Waals surface area contributed by atoms with Crippen LogP contribution in [0.3, 0.4) is 0 Å². The number of carbonyl (C=O) groups excluding carboxylic acids is 1. The maximum Gasteiger partial charge on any atom is 0.222 e. The Morgan fingerprint density at radius 2 is 1.93 bits per heavy atom. The molecular formula is C20H33N5OS. The molecule has 1 aromatic heterocycles. The van der Waals surface area contributed by atoms with Crippen molar-refractivity contribution in [3.8, 4) is 0 Å². The van der Waals surface area contributed by atoms with E-state index in [1.807, 2.05) is 11.3 Å². The number of amides is 1. The Labute approximate surface area is 166 Å². The summed E-state index contributed by atoms with van der Waals surface area (Å²) in [5.74, 6) is 0.964. The van der Waals surface area contributed by atoms with Crippen LogP contribution in [0.4, 0.5) is 5.00 Å². The molecule has 1 aliphatic carbocycles. The Kier molecular flexibility index (Phi) is 7.80. The fourth-order valence-electron chi connectivity index (χ4n) is 3.85. The first-order valence-corrected chi connectivity index (χ1v) is 11.2. The van der Waals surface area contributed by atoms with Crippen LogP contribution in [0.15, 0.2) is 22.5 Å². The maximum atomic E-state index is 12.1. The molecule has 0 aromatic carbocycles. The van der Waals surface area contributed by atoms with Crippen LogP contribution in [0, 0.1) is 0 Å². The molecule has 27 heavy (non-hydrogen) atoms. The summed E-state index contributed by atoms with van der Waals surface area (Å²) in [5, 5.41) is 13.5. The lowest BCUT2D eigenvalue weighted by Gasteiger charge is -2.33. The van der Waals surface area contributed by atoms with E-state index in [1.54, 1.807) is 0 Å². The van der Waals surface area contributed by atoms with Crippen LogP contribution >= 0.6 is 11.3 Å². The van der Waals surface area contributed by atoms with E-state index in [2.05, 4.69) is 50.3 Å². The molecule has 1 amide bonds. The van der Waals surface area contributed by atoms with Gasteiger partial charge in [0.2, 0.25) is 5.91 Å². The number of rotatable bonds is 7. The molecule has 7 heteroatoms. The highest BCUT2D eigenvalue weighted by Gasteiger charge is 2.21. The second kappa shape index (κ2) is 10.5. The molecule has 2 fully saturated rings. The molecule has 0 unspecified atom stereocenters. The average Bonchev–Trinajstić information content (AvgIpc) is 3.36. The number of anilines is 1. The molecular weight excluding hydrogens is 358 g/mol. The summed E-state index contributed by atoms with van der Waals surface area (Å²) in [5.41, 5.74) is 0. The van der Waals surface area contributed by atoms with Crippen molar-refractivity contribution in [2.24, 2.45) is 4.99 Å². The quantitative estimate of drug-likeness (QED) is 0.494. The monoisotopic (exact) mass is 391 g/mol. The van der Waals surface area contributed by atoms with E-state index in [-0.39, 0.29) is 5.91 Å². The van der Waals surface area contributed by atoms with Crippen molar-refractivity contribution in [3.05, 3.63) is 17.5 Å². The van der Waals surface area contributed by atoms with Crippen molar-refractivity contribution in [2.75, 3.05) is 31.1 Å². The fraction of sp³-hybridized carbons (Fsp3) is 0.700. The minimum Gasteiger partial charge on any atom is -0.363 e. The van der Waals surface area contributed by atoms with Gasteiger partial charge in [-0.25, -0.2) is 0 Å². The summed E-state index contributed by atoms with van der Waals surface area (Å²) in [6.45, 7) is 5.57. The lowest BCUT2D eigenvalue weighted by molar-refractivity contribution is -0.121. The first-order valence-electron chi connectivity index (χ1n) is 10.4. The van der Waals surface area contributed by atoms with Crippen molar-refractivity contribution in [3.63, 3.8) is 0 Å². The Balaban J connectivity index is 1.40. The molecule has 1 saturated carbocycles. The summed E-state index contributed by atoms with van der Waals surface area (Å²) in [4.78, 5) is 19.1. The Morgan fingerprint density at radius 3 is 2.59 bits per heavy atom. The molecule has 1 saturated heterocycles. The van der Waals surface area contributed by atoms with E-state index in [0.29, 0.717) is 25.0 Å². The van der Waals surface area contributed by atoms with E-state index >= 15 is 0 Å². The molecule has 6 nitrogen and oxygen atoms in total. The van der Waals surface area contributed by atoms with Crippen LogP contribution in [-0.4, -0.2) is 50.1 Å². The summed E-state index contributed by atoms with van der Waals surface area (Å²) in [6, 6.07) is 5.14. The topological polar surface area (TPSA) is 68.8 Å². The zero-order chi connectivity index (χ0) is 18.9. The number of thiophene rings is 1. The van der Waals surface area contributed by atoms with Crippen molar-refractivity contribution >= 4 is 28.2 Å². The van der Waals surface area contributed by atoms with Gasteiger partial charge in [0, 0.05) is 38.1 Å². The number of nitrogens with one attached hydrogen (secondary N) is 3. The number of carbonyl (C=O) groups is 1. The van der Waals surface area contributed by atoms with Gasteiger partial charge in [-0.3, -0.25) is 9.79 Å². The standard InChI is InChI=1S/C20H33N5OS/c1-2-21-20(22-12-9-18(26)23-16-6-3-4-7-16)24-17-10-13-25(14-11-17)19-8-5-15-27-19/h5,8,15-17H,2-4,6-7,9-14H2,1H3,(H,23,26)(H2,21,22,24). The zero-order valence-electron chi connectivity index (χ0n) is 16.4. The molecule has 0 atom stereocenters. The maximum absolute atomic E-state index is 12.1. The number of hydrogen-bond donors (Lipinski definition) is 3. The fourth-order valence-corrected chi connectivity index (χ4v) is 4.63. The molecule has 1 aliphatic heterocycles. The average molecular weight is 392 g/mol. The highest BCUT2D eigenvalue weighted by Crippen LogP contribution is 2.24. The lowest BCUT2D eigenvalue weighted by Crippen LogP contribution is -2.48. The summed E-state index contributed by atoms with van der Waals surface area (Å²) in [7, 11) is 0. The van der Waals surface area contributed by atoms with Crippen molar-refractivity contribution < 1.29 is 4.79 Å². The van der Waals surface area contributed by atoms with Gasteiger partial charge in [0.25, 0.3) is 0 Å². The van der Waals surface area contributed by atoms with Crippen molar-refractivity contribution in [1.29, 1.82) is 0 Å². The van der Waals surface area contributed by atoms with Gasteiger partial charge in [0.15, 0.2) is 5.96 Å². The normalized spacial score (nSPS) is 19.3. The molecule has 1 aromatic rings. The third kappa shape index (κ3) is 6.41. The SMILES string of the molecule is CCNC(=NCCC(=O)NC1CCCC1)NC1CCN(c2cccs2)CC1. The number of nitrogens with zero attached hydrogens (tertiary/aromatic N) is 2. The number of guanidine groups is 1. The predicted molar refractivity (Wildman–Crippen MR) is 114 cm³/mol. The second-order valence-electron chi connectivity index (χ2n) is 7.42. The number of hydrogen-bond acceptors (Lipinski definition) is 4. The molecule has 2 aliphatic rings. The Hall–Kier alpha value is -1.76. The molecule has 2 heterocycles. The van der Waals surface area contributed by atoms with E-state index in [0.717, 1.165) is 51.3 Å². The van der Waals surface area contributed by atoms with E-state index < -0.39 is 0 Å². The second-order valence-corrected chi connectivity index (χ2v) is 8.34. The van der Waals surface area contributed by atoms with E-state index in [9.17, 15) is 4.79 Å². The first-order chi connectivity index (χ1) is 13.2. The van der Waals surface area contributed by atoms with E-state index in [4.69, 9.17) is 0 Å². The first kappa shape index (κ1) is 20.0. The highest BCUT2D eigenvalue weighted by atomic mass is 32.1. The Bertz CT molecular complexity index is 590. The molecule has 3 rings (SSSR count). The number of piperidine rings is 1. The minimum absolute atomic E-state index is 0.130. The smallest absolute Gasteiger partial charge is 0.222 e.